The minimum atomic E-state index is -3.75. The Bertz CT molecular complexity index is 1750. The number of nitrogens with one attached hydrogen (secondary N) is 1. The number of hydrogen-bond acceptors (Lipinski definition) is 8. The first-order chi connectivity index (χ1) is 21.3. The average molecular weight is 633 g/mol. The maximum Gasteiger partial charge on any atom is 0.271 e. The lowest BCUT2D eigenvalue weighted by Gasteiger charge is -2.36. The molecule has 1 saturated heterocycles. The first kappa shape index (κ1) is 30.0. The molecule has 2 aliphatic rings. The molecule has 11 heteroatoms. The Morgan fingerprint density at radius 3 is 2.34 bits per heavy atom. The van der Waals surface area contributed by atoms with E-state index in [4.69, 9.17) is 9.47 Å². The largest absolute Gasteiger partial charge is 0.493 e. The third-order valence-electron chi connectivity index (χ3n) is 8.38. The van der Waals surface area contributed by atoms with Crippen LogP contribution >= 0.6 is 11.3 Å². The van der Waals surface area contributed by atoms with Crippen LogP contribution in [0.4, 0.5) is 11.4 Å². The van der Waals surface area contributed by atoms with Gasteiger partial charge in [-0.2, -0.15) is 0 Å². The summed E-state index contributed by atoms with van der Waals surface area (Å²) in [5.74, 6) is 1.05. The summed E-state index contributed by atoms with van der Waals surface area (Å²) < 4.78 is 40.2. The molecule has 0 aliphatic carbocycles. The number of carbonyl (C=O) groups is 1. The maximum atomic E-state index is 14.2. The molecule has 44 heavy (non-hydrogen) atoms. The number of amides is 1. The molecule has 1 fully saturated rings. The summed E-state index contributed by atoms with van der Waals surface area (Å²) in [5, 5.41) is 1.73. The van der Waals surface area contributed by atoms with Gasteiger partial charge in [-0.25, -0.2) is 8.42 Å². The zero-order valence-corrected chi connectivity index (χ0v) is 26.7. The van der Waals surface area contributed by atoms with E-state index in [1.54, 1.807) is 43.9 Å². The van der Waals surface area contributed by atoms with E-state index >= 15 is 0 Å². The Morgan fingerprint density at radius 1 is 0.886 bits per heavy atom. The minimum absolute atomic E-state index is 0.0709. The number of likely N-dealkylation sites (N-methyl/N-ethyl adjacent to an activating group) is 1. The van der Waals surface area contributed by atoms with Crippen LogP contribution in [-0.4, -0.2) is 71.1 Å². The first-order valence-corrected chi connectivity index (χ1v) is 17.0. The highest BCUT2D eigenvalue weighted by Crippen LogP contribution is 2.42. The quantitative estimate of drug-likeness (QED) is 0.249. The van der Waals surface area contributed by atoms with E-state index in [-0.39, 0.29) is 10.1 Å². The van der Waals surface area contributed by atoms with Crippen molar-refractivity contribution in [2.75, 3.05) is 56.6 Å². The number of rotatable bonds is 10. The number of sulfonamides is 1. The molecule has 3 aromatic carbocycles. The number of anilines is 2. The lowest BCUT2D eigenvalue weighted by atomic mass is 9.96. The Hall–Kier alpha value is -4.06. The first-order valence-electron chi connectivity index (χ1n) is 14.6. The SMILES string of the molecule is CCN1CCN(c2cccc3c2CN(C(c2cccc(NS(=O)(=O)c4cccs4)c2)c2ccc(OC)c(OC)c2)C3=O)CC1. The Kier molecular flexibility index (Phi) is 8.53. The molecule has 1 aromatic heterocycles. The number of methoxy groups -OCH3 is 2. The van der Waals surface area contributed by atoms with Gasteiger partial charge in [0, 0.05) is 55.2 Å². The van der Waals surface area contributed by atoms with Crippen molar-refractivity contribution >= 4 is 38.6 Å². The van der Waals surface area contributed by atoms with Gasteiger partial charge in [-0.3, -0.25) is 9.52 Å². The molecule has 3 heterocycles. The van der Waals surface area contributed by atoms with Gasteiger partial charge < -0.3 is 24.2 Å². The van der Waals surface area contributed by atoms with Crippen molar-refractivity contribution in [1.82, 2.24) is 9.80 Å². The number of thiophene rings is 1. The third kappa shape index (κ3) is 5.74. The molecule has 1 atom stereocenters. The van der Waals surface area contributed by atoms with Crippen molar-refractivity contribution < 1.29 is 22.7 Å². The van der Waals surface area contributed by atoms with Crippen LogP contribution in [0.15, 0.2) is 82.4 Å². The average Bonchev–Trinajstić information content (AvgIpc) is 3.71. The van der Waals surface area contributed by atoms with Gasteiger partial charge in [0.05, 0.1) is 20.3 Å². The molecular weight excluding hydrogens is 597 g/mol. The van der Waals surface area contributed by atoms with Gasteiger partial charge in [0.1, 0.15) is 4.21 Å². The molecule has 6 rings (SSSR count). The number of fused-ring (bicyclic) bond motifs is 1. The molecule has 9 nitrogen and oxygen atoms in total. The van der Waals surface area contributed by atoms with Crippen molar-refractivity contribution in [3.8, 4) is 11.5 Å². The molecule has 0 spiro atoms. The molecule has 0 saturated carbocycles. The molecule has 230 valence electrons. The van der Waals surface area contributed by atoms with Crippen LogP contribution in [0.2, 0.25) is 0 Å². The van der Waals surface area contributed by atoms with Crippen LogP contribution in [0.1, 0.15) is 40.0 Å². The summed E-state index contributed by atoms with van der Waals surface area (Å²) in [6, 6.07) is 21.6. The van der Waals surface area contributed by atoms with E-state index in [9.17, 15) is 13.2 Å². The summed E-state index contributed by atoms with van der Waals surface area (Å²) in [6.45, 7) is 7.42. The topological polar surface area (TPSA) is 91.4 Å². The van der Waals surface area contributed by atoms with E-state index in [0.29, 0.717) is 29.3 Å². The van der Waals surface area contributed by atoms with Gasteiger partial charge in [0.25, 0.3) is 15.9 Å². The van der Waals surface area contributed by atoms with Crippen LogP contribution in [0, 0.1) is 0 Å². The Balaban J connectivity index is 1.39. The van der Waals surface area contributed by atoms with Gasteiger partial charge in [-0.15, -0.1) is 11.3 Å². The highest BCUT2D eigenvalue weighted by Gasteiger charge is 2.37. The van der Waals surface area contributed by atoms with E-state index in [1.807, 2.05) is 47.4 Å². The molecule has 1 N–H and O–H groups in total. The van der Waals surface area contributed by atoms with Gasteiger partial charge in [-0.1, -0.05) is 37.3 Å². The predicted molar refractivity (Wildman–Crippen MR) is 174 cm³/mol. The Labute approximate surface area is 262 Å². The van der Waals surface area contributed by atoms with E-state index in [0.717, 1.165) is 66.4 Å². The molecule has 0 bridgehead atoms. The van der Waals surface area contributed by atoms with Crippen LogP contribution < -0.4 is 19.1 Å². The number of piperazine rings is 1. The molecule has 1 amide bonds. The smallest absolute Gasteiger partial charge is 0.271 e. The fraction of sp³-hybridized carbons (Fsp3) is 0.303. The van der Waals surface area contributed by atoms with Crippen LogP contribution in [0.3, 0.4) is 0 Å². The molecule has 2 aliphatic heterocycles. The number of carbonyl (C=O) groups excluding carboxylic acids is 1. The summed E-state index contributed by atoms with van der Waals surface area (Å²) in [4.78, 5) is 20.9. The highest BCUT2D eigenvalue weighted by molar-refractivity contribution is 7.94. The monoisotopic (exact) mass is 632 g/mol. The third-order valence-corrected chi connectivity index (χ3v) is 11.2. The van der Waals surface area contributed by atoms with Gasteiger partial charge in [0.2, 0.25) is 0 Å². The molecular formula is C33H36N4O5S2. The summed E-state index contributed by atoms with van der Waals surface area (Å²) in [5.41, 5.74) is 4.81. The summed E-state index contributed by atoms with van der Waals surface area (Å²) in [6.07, 6.45) is 0. The van der Waals surface area contributed by atoms with Crippen LogP contribution in [0.25, 0.3) is 0 Å². The second-order valence-corrected chi connectivity index (χ2v) is 13.7. The summed E-state index contributed by atoms with van der Waals surface area (Å²) >= 11 is 1.16. The van der Waals surface area contributed by atoms with Crippen molar-refractivity contribution in [3.63, 3.8) is 0 Å². The molecule has 4 aromatic rings. The fourth-order valence-electron chi connectivity index (χ4n) is 6.12. The maximum absolute atomic E-state index is 14.2. The number of hydrogen-bond donors (Lipinski definition) is 1. The van der Waals surface area contributed by atoms with Crippen molar-refractivity contribution in [1.29, 1.82) is 0 Å². The number of benzene rings is 3. The van der Waals surface area contributed by atoms with E-state index in [2.05, 4.69) is 27.5 Å². The second-order valence-electron chi connectivity index (χ2n) is 10.8. The number of nitrogens with zero attached hydrogens (tertiary/aromatic N) is 3. The number of ether oxygens (including phenoxy) is 2. The molecule has 0 radical (unpaired) electrons. The van der Waals surface area contributed by atoms with Gasteiger partial charge in [-0.05, 0) is 65.5 Å². The Morgan fingerprint density at radius 2 is 1.64 bits per heavy atom. The van der Waals surface area contributed by atoms with Crippen molar-refractivity contribution in [2.45, 2.75) is 23.7 Å². The lowest BCUT2D eigenvalue weighted by molar-refractivity contribution is 0.0730. The molecule has 1 unspecified atom stereocenters. The van der Waals surface area contributed by atoms with Gasteiger partial charge >= 0.3 is 0 Å². The van der Waals surface area contributed by atoms with Crippen LogP contribution in [-0.2, 0) is 16.6 Å². The van der Waals surface area contributed by atoms with Gasteiger partial charge in [0.15, 0.2) is 11.5 Å². The zero-order valence-electron chi connectivity index (χ0n) is 25.0. The predicted octanol–water partition coefficient (Wildman–Crippen LogP) is 5.45. The van der Waals surface area contributed by atoms with Crippen LogP contribution in [0.5, 0.6) is 11.5 Å². The standard InChI is InChI=1S/C33H36N4O5S2/c1-4-35-15-17-36(18-16-35)28-11-6-10-26-27(28)22-37(33(26)38)32(24-13-14-29(41-2)30(21-24)42-3)23-8-5-9-25(20-23)34-44(39,40)31-12-7-19-43-31/h5-14,19-21,32,34H,4,15-18,22H2,1-3H3. The van der Waals surface area contributed by atoms with E-state index in [1.165, 1.54) is 0 Å². The fourth-order valence-corrected chi connectivity index (χ4v) is 8.16. The minimum Gasteiger partial charge on any atom is -0.493 e. The second kappa shape index (κ2) is 12.5. The van der Waals surface area contributed by atoms with Crippen molar-refractivity contribution in [2.24, 2.45) is 0 Å². The summed E-state index contributed by atoms with van der Waals surface area (Å²) in [7, 11) is -0.586. The van der Waals surface area contributed by atoms with E-state index < -0.39 is 16.1 Å². The zero-order chi connectivity index (χ0) is 30.8. The normalized spacial score (nSPS) is 16.1. The lowest BCUT2D eigenvalue weighted by Crippen LogP contribution is -2.46. The van der Waals surface area contributed by atoms with Crippen molar-refractivity contribution in [3.05, 3.63) is 100 Å². The highest BCUT2D eigenvalue weighted by atomic mass is 32.2.